The van der Waals surface area contributed by atoms with E-state index in [1.54, 1.807) is 11.3 Å². The van der Waals surface area contributed by atoms with E-state index in [-0.39, 0.29) is 5.60 Å². The summed E-state index contributed by atoms with van der Waals surface area (Å²) in [6.45, 7) is 7.64. The van der Waals surface area contributed by atoms with Crippen molar-refractivity contribution < 1.29 is 4.74 Å². The smallest absolute Gasteiger partial charge is 0.146 e. The Hall–Kier alpha value is -1.24. The van der Waals surface area contributed by atoms with Gasteiger partial charge in [0.1, 0.15) is 16.5 Å². The molecule has 0 atom stereocenters. The van der Waals surface area contributed by atoms with Crippen LogP contribution in [0.2, 0.25) is 0 Å². The maximum Gasteiger partial charge on any atom is 0.146 e. The maximum atomic E-state index is 5.74. The van der Waals surface area contributed by atoms with Crippen LogP contribution in [0, 0.1) is 0 Å². The van der Waals surface area contributed by atoms with E-state index in [2.05, 4.69) is 45.5 Å². The van der Waals surface area contributed by atoms with E-state index in [0.717, 1.165) is 48.1 Å². The zero-order chi connectivity index (χ0) is 14.2. The Morgan fingerprint density at radius 3 is 3.05 bits per heavy atom. The van der Waals surface area contributed by atoms with Crippen molar-refractivity contribution in [2.75, 3.05) is 32.1 Å². The molecule has 3 heterocycles. The molecule has 5 nitrogen and oxygen atoms in total. The van der Waals surface area contributed by atoms with Gasteiger partial charge in [0.15, 0.2) is 0 Å². The first-order valence-corrected chi connectivity index (χ1v) is 7.73. The minimum atomic E-state index is -0.0862. The van der Waals surface area contributed by atoms with E-state index in [4.69, 9.17) is 4.74 Å². The second-order valence-corrected chi connectivity index (χ2v) is 6.59. The van der Waals surface area contributed by atoms with Crippen LogP contribution in [0.1, 0.15) is 19.7 Å². The first-order chi connectivity index (χ1) is 9.57. The molecule has 2 aromatic heterocycles. The lowest BCUT2D eigenvalue weighted by Gasteiger charge is -2.37. The van der Waals surface area contributed by atoms with Gasteiger partial charge in [-0.2, -0.15) is 0 Å². The van der Waals surface area contributed by atoms with Crippen molar-refractivity contribution in [3.05, 3.63) is 17.3 Å². The molecule has 1 aliphatic heterocycles. The van der Waals surface area contributed by atoms with E-state index >= 15 is 0 Å². The highest BCUT2D eigenvalue weighted by atomic mass is 32.1. The Morgan fingerprint density at radius 1 is 1.45 bits per heavy atom. The second-order valence-electron chi connectivity index (χ2n) is 5.70. The standard InChI is InChI=1S/C14H20N4OS/c1-14(2)9-18(5-6-19-14)8-11-16-12(15-3)10-4-7-20-13(10)17-11/h4,7H,5-6,8-9H2,1-3H3,(H,15,16,17). The first-order valence-electron chi connectivity index (χ1n) is 6.85. The molecule has 0 saturated carbocycles. The molecule has 0 radical (unpaired) electrons. The molecule has 0 amide bonds. The van der Waals surface area contributed by atoms with Crippen LogP contribution in [-0.2, 0) is 11.3 Å². The van der Waals surface area contributed by atoms with E-state index in [9.17, 15) is 0 Å². The minimum absolute atomic E-state index is 0.0862. The molecular formula is C14H20N4OS. The summed E-state index contributed by atoms with van der Waals surface area (Å²) in [5, 5.41) is 6.32. The zero-order valence-corrected chi connectivity index (χ0v) is 13.0. The number of nitrogens with one attached hydrogen (secondary N) is 1. The summed E-state index contributed by atoms with van der Waals surface area (Å²) in [6, 6.07) is 2.06. The van der Waals surface area contributed by atoms with Crippen LogP contribution in [0.3, 0.4) is 0 Å². The highest BCUT2D eigenvalue weighted by Crippen LogP contribution is 2.25. The average Bonchev–Trinajstić information content (AvgIpc) is 2.84. The van der Waals surface area contributed by atoms with Crippen LogP contribution in [0.15, 0.2) is 11.4 Å². The number of thiophene rings is 1. The monoisotopic (exact) mass is 292 g/mol. The highest BCUT2D eigenvalue weighted by molar-refractivity contribution is 7.16. The van der Waals surface area contributed by atoms with Gasteiger partial charge in [0.25, 0.3) is 0 Å². The van der Waals surface area contributed by atoms with Gasteiger partial charge in [0.2, 0.25) is 0 Å². The lowest BCUT2D eigenvalue weighted by molar-refractivity contribution is -0.0887. The topological polar surface area (TPSA) is 50.3 Å². The molecule has 1 saturated heterocycles. The van der Waals surface area contributed by atoms with Gasteiger partial charge in [0, 0.05) is 20.1 Å². The molecule has 0 unspecified atom stereocenters. The lowest BCUT2D eigenvalue weighted by Crippen LogP contribution is -2.47. The number of anilines is 1. The molecular weight excluding hydrogens is 272 g/mol. The van der Waals surface area contributed by atoms with Crippen molar-refractivity contribution in [2.45, 2.75) is 26.0 Å². The molecule has 1 N–H and O–H groups in total. The van der Waals surface area contributed by atoms with E-state index in [1.807, 2.05) is 7.05 Å². The minimum Gasteiger partial charge on any atom is -0.373 e. The van der Waals surface area contributed by atoms with Crippen molar-refractivity contribution in [3.63, 3.8) is 0 Å². The van der Waals surface area contributed by atoms with Crippen LogP contribution in [0.5, 0.6) is 0 Å². The molecule has 2 aromatic rings. The summed E-state index contributed by atoms with van der Waals surface area (Å²) in [5.74, 6) is 1.79. The second kappa shape index (κ2) is 5.27. The molecule has 0 aromatic carbocycles. The SMILES string of the molecule is CNc1nc(CN2CCOC(C)(C)C2)nc2sccc12. The quantitative estimate of drug-likeness (QED) is 0.941. The number of rotatable bonds is 3. The number of hydrogen-bond donors (Lipinski definition) is 1. The number of morpholine rings is 1. The van der Waals surface area contributed by atoms with Gasteiger partial charge in [-0.05, 0) is 25.3 Å². The molecule has 3 rings (SSSR count). The molecule has 6 heteroatoms. The van der Waals surface area contributed by atoms with Gasteiger partial charge in [-0.15, -0.1) is 11.3 Å². The van der Waals surface area contributed by atoms with Gasteiger partial charge in [-0.3, -0.25) is 4.90 Å². The van der Waals surface area contributed by atoms with Crippen LogP contribution >= 0.6 is 11.3 Å². The summed E-state index contributed by atoms with van der Waals surface area (Å²) in [7, 11) is 1.90. The number of hydrogen-bond acceptors (Lipinski definition) is 6. The van der Waals surface area contributed by atoms with E-state index in [1.165, 1.54) is 0 Å². The average molecular weight is 292 g/mol. The summed E-state index contributed by atoms with van der Waals surface area (Å²) < 4.78 is 5.74. The Bertz CT molecular complexity index is 610. The van der Waals surface area contributed by atoms with Crippen molar-refractivity contribution >= 4 is 27.4 Å². The third-order valence-corrected chi connectivity index (χ3v) is 4.28. The molecule has 1 fully saturated rings. The molecule has 0 bridgehead atoms. The van der Waals surface area contributed by atoms with Gasteiger partial charge in [-0.1, -0.05) is 0 Å². The predicted octanol–water partition coefficient (Wildman–Crippen LogP) is 2.34. The highest BCUT2D eigenvalue weighted by Gasteiger charge is 2.27. The van der Waals surface area contributed by atoms with Crippen LogP contribution in [-0.4, -0.2) is 47.2 Å². The number of aromatic nitrogens is 2. The molecule has 1 aliphatic rings. The van der Waals surface area contributed by atoms with Crippen molar-refractivity contribution in [3.8, 4) is 0 Å². The van der Waals surface area contributed by atoms with Crippen molar-refractivity contribution in [2.24, 2.45) is 0 Å². The fraction of sp³-hybridized carbons (Fsp3) is 0.571. The van der Waals surface area contributed by atoms with Crippen molar-refractivity contribution in [1.29, 1.82) is 0 Å². The van der Waals surface area contributed by atoms with Crippen LogP contribution < -0.4 is 5.32 Å². The molecule has 108 valence electrons. The molecule has 0 aliphatic carbocycles. The van der Waals surface area contributed by atoms with E-state index < -0.39 is 0 Å². The van der Waals surface area contributed by atoms with Gasteiger partial charge >= 0.3 is 0 Å². The Labute approximate surface area is 123 Å². The zero-order valence-electron chi connectivity index (χ0n) is 12.1. The molecule has 20 heavy (non-hydrogen) atoms. The summed E-state index contributed by atoms with van der Waals surface area (Å²) >= 11 is 1.66. The van der Waals surface area contributed by atoms with Gasteiger partial charge in [0.05, 0.1) is 24.1 Å². The summed E-state index contributed by atoms with van der Waals surface area (Å²) in [6.07, 6.45) is 0. The normalized spacial score (nSPS) is 19.4. The molecule has 0 spiro atoms. The van der Waals surface area contributed by atoms with Crippen LogP contribution in [0.4, 0.5) is 5.82 Å². The van der Waals surface area contributed by atoms with Gasteiger partial charge in [-0.25, -0.2) is 9.97 Å². The fourth-order valence-electron chi connectivity index (χ4n) is 2.61. The van der Waals surface area contributed by atoms with Crippen LogP contribution in [0.25, 0.3) is 10.2 Å². The Morgan fingerprint density at radius 2 is 2.30 bits per heavy atom. The number of nitrogens with zero attached hydrogens (tertiary/aromatic N) is 3. The Kier molecular flexibility index (Phi) is 3.62. The maximum absolute atomic E-state index is 5.74. The predicted molar refractivity (Wildman–Crippen MR) is 82.3 cm³/mol. The largest absolute Gasteiger partial charge is 0.373 e. The summed E-state index contributed by atoms with van der Waals surface area (Å²) in [5.41, 5.74) is -0.0862. The van der Waals surface area contributed by atoms with Gasteiger partial charge < -0.3 is 10.1 Å². The third-order valence-electron chi connectivity index (χ3n) is 3.48. The first kappa shape index (κ1) is 13.7. The summed E-state index contributed by atoms with van der Waals surface area (Å²) in [4.78, 5) is 12.7. The lowest BCUT2D eigenvalue weighted by atomic mass is 10.1. The third kappa shape index (κ3) is 2.77. The fourth-order valence-corrected chi connectivity index (χ4v) is 3.39. The van der Waals surface area contributed by atoms with Crippen molar-refractivity contribution in [1.82, 2.24) is 14.9 Å². The van der Waals surface area contributed by atoms with E-state index in [0.29, 0.717) is 0 Å². The Balaban J connectivity index is 1.83. The number of fused-ring (bicyclic) bond motifs is 1. The number of ether oxygens (including phenoxy) is 1.